The van der Waals surface area contributed by atoms with E-state index in [1.54, 1.807) is 0 Å². The number of rotatable bonds is 8. The van der Waals surface area contributed by atoms with Crippen LogP contribution >= 0.6 is 0 Å². The average Bonchev–Trinajstić information content (AvgIpc) is 2.34. The largest absolute Gasteiger partial charge is 0.492 e. The molecule has 0 radical (unpaired) electrons. The molecular formula is C15H25NO. The highest BCUT2D eigenvalue weighted by Gasteiger charge is 2.01. The van der Waals surface area contributed by atoms with E-state index < -0.39 is 0 Å². The first-order valence-electron chi connectivity index (χ1n) is 6.65. The first-order chi connectivity index (χ1) is 8.22. The molecule has 0 spiro atoms. The van der Waals surface area contributed by atoms with E-state index in [2.05, 4.69) is 38.2 Å². The van der Waals surface area contributed by atoms with Crippen LogP contribution < -0.4 is 10.1 Å². The Balaban J connectivity index is 2.14. The van der Waals surface area contributed by atoms with Gasteiger partial charge in [0.15, 0.2) is 0 Å². The number of hydrogen-bond donors (Lipinski definition) is 1. The summed E-state index contributed by atoms with van der Waals surface area (Å²) in [4.78, 5) is 0. The van der Waals surface area contributed by atoms with Gasteiger partial charge >= 0.3 is 0 Å². The summed E-state index contributed by atoms with van der Waals surface area (Å²) in [6, 6.07) is 8.62. The summed E-state index contributed by atoms with van der Waals surface area (Å²) in [5, 5.41) is 3.47. The molecule has 1 N–H and O–H groups in total. The van der Waals surface area contributed by atoms with Crippen LogP contribution in [0.5, 0.6) is 5.75 Å². The normalized spacial score (nSPS) is 12.4. The first kappa shape index (κ1) is 14.0. The van der Waals surface area contributed by atoms with Gasteiger partial charge in [-0.25, -0.2) is 0 Å². The second kappa shape index (κ2) is 8.13. The minimum Gasteiger partial charge on any atom is -0.492 e. The van der Waals surface area contributed by atoms with Crippen molar-refractivity contribution in [3.05, 3.63) is 29.8 Å². The summed E-state index contributed by atoms with van der Waals surface area (Å²) in [7, 11) is 0. The van der Waals surface area contributed by atoms with Crippen LogP contribution in [0.15, 0.2) is 24.3 Å². The molecular weight excluding hydrogens is 210 g/mol. The van der Waals surface area contributed by atoms with E-state index in [1.165, 1.54) is 24.8 Å². The van der Waals surface area contributed by atoms with Crippen LogP contribution in [-0.4, -0.2) is 19.2 Å². The van der Waals surface area contributed by atoms with Crippen molar-refractivity contribution in [1.82, 2.24) is 5.32 Å². The number of unbranched alkanes of at least 4 members (excludes halogenated alkanes) is 2. The lowest BCUT2D eigenvalue weighted by Gasteiger charge is -2.14. The monoisotopic (exact) mass is 235 g/mol. The Kier molecular flexibility index (Phi) is 6.71. The maximum atomic E-state index is 5.72. The SMILES string of the molecule is CCCCCNC(C)COc1ccc(C)cc1. The zero-order valence-electron chi connectivity index (χ0n) is 11.3. The molecule has 96 valence electrons. The molecule has 0 aliphatic heterocycles. The Hall–Kier alpha value is -1.02. The molecule has 0 saturated heterocycles. The van der Waals surface area contributed by atoms with Gasteiger partial charge in [-0.05, 0) is 38.9 Å². The Morgan fingerprint density at radius 2 is 1.88 bits per heavy atom. The lowest BCUT2D eigenvalue weighted by molar-refractivity contribution is 0.273. The van der Waals surface area contributed by atoms with Crippen molar-refractivity contribution in [2.45, 2.75) is 46.1 Å². The van der Waals surface area contributed by atoms with Crippen LogP contribution in [0.3, 0.4) is 0 Å². The van der Waals surface area contributed by atoms with Crippen LogP contribution in [0.4, 0.5) is 0 Å². The summed E-state index contributed by atoms with van der Waals surface area (Å²) in [6.07, 6.45) is 3.83. The quantitative estimate of drug-likeness (QED) is 0.696. The van der Waals surface area contributed by atoms with Gasteiger partial charge in [0.05, 0.1) is 0 Å². The van der Waals surface area contributed by atoms with Gasteiger partial charge in [0.1, 0.15) is 12.4 Å². The average molecular weight is 235 g/mol. The lowest BCUT2D eigenvalue weighted by atomic mass is 10.2. The van der Waals surface area contributed by atoms with Crippen LogP contribution in [0.2, 0.25) is 0 Å². The molecule has 0 fully saturated rings. The molecule has 1 rings (SSSR count). The Bertz CT molecular complexity index is 294. The van der Waals surface area contributed by atoms with Crippen LogP contribution in [-0.2, 0) is 0 Å². The van der Waals surface area contributed by atoms with Gasteiger partial charge in [-0.1, -0.05) is 37.5 Å². The van der Waals surface area contributed by atoms with E-state index in [0.717, 1.165) is 18.9 Å². The van der Waals surface area contributed by atoms with Crippen molar-refractivity contribution >= 4 is 0 Å². The molecule has 0 heterocycles. The molecule has 2 heteroatoms. The number of ether oxygens (including phenoxy) is 1. The molecule has 1 unspecified atom stereocenters. The molecule has 1 aromatic rings. The Morgan fingerprint density at radius 3 is 2.53 bits per heavy atom. The maximum absolute atomic E-state index is 5.72. The van der Waals surface area contributed by atoms with Gasteiger partial charge in [0.25, 0.3) is 0 Å². The molecule has 17 heavy (non-hydrogen) atoms. The van der Waals surface area contributed by atoms with Crippen molar-refractivity contribution in [2.75, 3.05) is 13.2 Å². The third kappa shape index (κ3) is 6.32. The minimum atomic E-state index is 0.410. The fourth-order valence-corrected chi connectivity index (χ4v) is 1.64. The van der Waals surface area contributed by atoms with Crippen molar-refractivity contribution < 1.29 is 4.74 Å². The van der Waals surface area contributed by atoms with Crippen molar-refractivity contribution in [2.24, 2.45) is 0 Å². The van der Waals surface area contributed by atoms with Gasteiger partial charge in [-0.2, -0.15) is 0 Å². The van der Waals surface area contributed by atoms with E-state index in [9.17, 15) is 0 Å². The predicted octanol–water partition coefficient (Wildman–Crippen LogP) is 3.54. The highest BCUT2D eigenvalue weighted by molar-refractivity contribution is 5.26. The second-order valence-electron chi connectivity index (χ2n) is 4.69. The molecule has 0 aromatic heterocycles. The Labute approximate surface area is 105 Å². The van der Waals surface area contributed by atoms with Gasteiger partial charge in [-0.15, -0.1) is 0 Å². The number of aryl methyl sites for hydroxylation is 1. The predicted molar refractivity (Wildman–Crippen MR) is 73.7 cm³/mol. The van der Waals surface area contributed by atoms with Crippen molar-refractivity contribution in [3.8, 4) is 5.75 Å². The van der Waals surface area contributed by atoms with Gasteiger partial charge in [0.2, 0.25) is 0 Å². The smallest absolute Gasteiger partial charge is 0.119 e. The van der Waals surface area contributed by atoms with E-state index in [1.807, 2.05) is 12.1 Å². The molecule has 0 amide bonds. The number of nitrogens with one attached hydrogen (secondary N) is 1. The molecule has 1 aromatic carbocycles. The fraction of sp³-hybridized carbons (Fsp3) is 0.600. The van der Waals surface area contributed by atoms with E-state index in [4.69, 9.17) is 4.74 Å². The molecule has 0 saturated carbocycles. The topological polar surface area (TPSA) is 21.3 Å². The van der Waals surface area contributed by atoms with Gasteiger partial charge in [0, 0.05) is 6.04 Å². The summed E-state index contributed by atoms with van der Waals surface area (Å²) in [6.45, 7) is 8.30. The third-order valence-electron chi connectivity index (χ3n) is 2.79. The Morgan fingerprint density at radius 1 is 1.18 bits per heavy atom. The van der Waals surface area contributed by atoms with Crippen molar-refractivity contribution in [3.63, 3.8) is 0 Å². The molecule has 0 aliphatic carbocycles. The molecule has 1 atom stereocenters. The van der Waals surface area contributed by atoms with Crippen LogP contribution in [0, 0.1) is 6.92 Å². The standard InChI is InChI=1S/C15H25NO/c1-4-5-6-11-16-14(3)12-17-15-9-7-13(2)8-10-15/h7-10,14,16H,4-6,11-12H2,1-3H3. The summed E-state index contributed by atoms with van der Waals surface area (Å²) in [5.41, 5.74) is 1.27. The van der Waals surface area contributed by atoms with Gasteiger partial charge in [-0.3, -0.25) is 0 Å². The molecule has 0 bridgehead atoms. The third-order valence-corrected chi connectivity index (χ3v) is 2.79. The minimum absolute atomic E-state index is 0.410. The molecule has 0 aliphatic rings. The zero-order valence-corrected chi connectivity index (χ0v) is 11.3. The van der Waals surface area contributed by atoms with Crippen molar-refractivity contribution in [1.29, 1.82) is 0 Å². The summed E-state index contributed by atoms with van der Waals surface area (Å²) >= 11 is 0. The summed E-state index contributed by atoms with van der Waals surface area (Å²) in [5.74, 6) is 0.956. The van der Waals surface area contributed by atoms with Crippen LogP contribution in [0.25, 0.3) is 0 Å². The summed E-state index contributed by atoms with van der Waals surface area (Å²) < 4.78 is 5.72. The lowest BCUT2D eigenvalue weighted by Crippen LogP contribution is -2.32. The van der Waals surface area contributed by atoms with E-state index in [0.29, 0.717) is 6.04 Å². The number of benzene rings is 1. The highest BCUT2D eigenvalue weighted by atomic mass is 16.5. The first-order valence-corrected chi connectivity index (χ1v) is 6.65. The molecule has 2 nitrogen and oxygen atoms in total. The fourth-order valence-electron chi connectivity index (χ4n) is 1.64. The highest BCUT2D eigenvalue weighted by Crippen LogP contribution is 2.11. The van der Waals surface area contributed by atoms with Crippen LogP contribution in [0.1, 0.15) is 38.7 Å². The number of hydrogen-bond acceptors (Lipinski definition) is 2. The van der Waals surface area contributed by atoms with E-state index in [-0.39, 0.29) is 0 Å². The zero-order chi connectivity index (χ0) is 12.5. The maximum Gasteiger partial charge on any atom is 0.119 e. The second-order valence-corrected chi connectivity index (χ2v) is 4.69. The van der Waals surface area contributed by atoms with Gasteiger partial charge < -0.3 is 10.1 Å². The van der Waals surface area contributed by atoms with E-state index >= 15 is 0 Å².